The summed E-state index contributed by atoms with van der Waals surface area (Å²) in [6.07, 6.45) is 3.81. The third kappa shape index (κ3) is 4.49. The fourth-order valence-electron chi connectivity index (χ4n) is 2.07. The highest BCUT2D eigenvalue weighted by molar-refractivity contribution is 6.39. The minimum Gasteiger partial charge on any atom is -0.472 e. The van der Waals surface area contributed by atoms with Crippen molar-refractivity contribution in [2.45, 2.75) is 20.3 Å². The van der Waals surface area contributed by atoms with E-state index in [2.05, 4.69) is 10.6 Å². The maximum Gasteiger partial charge on any atom is 0.313 e. The number of anilines is 1. The van der Waals surface area contributed by atoms with Crippen LogP contribution in [-0.4, -0.2) is 18.4 Å². The van der Waals surface area contributed by atoms with E-state index in [1.54, 1.807) is 12.5 Å². The molecule has 0 unspecified atom stereocenters. The van der Waals surface area contributed by atoms with Crippen molar-refractivity contribution in [2.75, 3.05) is 11.9 Å². The van der Waals surface area contributed by atoms with Gasteiger partial charge in [-0.2, -0.15) is 0 Å². The number of aryl methyl sites for hydroxylation is 2. The van der Waals surface area contributed by atoms with Crippen molar-refractivity contribution >= 4 is 17.5 Å². The Morgan fingerprint density at radius 3 is 2.43 bits per heavy atom. The molecular formula is C16H18N2O3. The van der Waals surface area contributed by atoms with Crippen LogP contribution in [0.15, 0.2) is 41.2 Å². The van der Waals surface area contributed by atoms with Crippen LogP contribution in [0.5, 0.6) is 0 Å². The van der Waals surface area contributed by atoms with E-state index in [-0.39, 0.29) is 0 Å². The Kier molecular flexibility index (Phi) is 4.77. The first kappa shape index (κ1) is 14.8. The van der Waals surface area contributed by atoms with Crippen LogP contribution in [0.2, 0.25) is 0 Å². The second-order valence-corrected chi connectivity index (χ2v) is 4.97. The Morgan fingerprint density at radius 2 is 1.81 bits per heavy atom. The first-order valence-corrected chi connectivity index (χ1v) is 6.73. The lowest BCUT2D eigenvalue weighted by atomic mass is 10.1. The van der Waals surface area contributed by atoms with E-state index in [1.165, 1.54) is 0 Å². The molecule has 0 saturated heterocycles. The molecule has 5 heteroatoms. The molecule has 21 heavy (non-hydrogen) atoms. The lowest BCUT2D eigenvalue weighted by Crippen LogP contribution is -2.36. The van der Waals surface area contributed by atoms with Crippen LogP contribution in [0.25, 0.3) is 0 Å². The predicted molar refractivity (Wildman–Crippen MR) is 80.0 cm³/mol. The summed E-state index contributed by atoms with van der Waals surface area (Å²) in [5.74, 6) is -1.30. The summed E-state index contributed by atoms with van der Waals surface area (Å²) in [6, 6.07) is 7.47. The molecule has 1 heterocycles. The van der Waals surface area contributed by atoms with Gasteiger partial charge in [-0.05, 0) is 55.2 Å². The van der Waals surface area contributed by atoms with Crippen LogP contribution in [0.4, 0.5) is 5.69 Å². The molecule has 0 spiro atoms. The van der Waals surface area contributed by atoms with Crippen molar-refractivity contribution in [1.82, 2.24) is 5.32 Å². The molecule has 1 aromatic carbocycles. The van der Waals surface area contributed by atoms with Crippen molar-refractivity contribution in [3.63, 3.8) is 0 Å². The number of hydrogen-bond acceptors (Lipinski definition) is 3. The SMILES string of the molecule is Cc1cc(C)cc(NC(=O)C(=O)NCCc2ccoc2)c1. The minimum absolute atomic E-state index is 0.388. The fraction of sp³-hybridized carbons (Fsp3) is 0.250. The van der Waals surface area contributed by atoms with Crippen LogP contribution in [-0.2, 0) is 16.0 Å². The highest BCUT2D eigenvalue weighted by Gasteiger charge is 2.13. The molecule has 0 fully saturated rings. The summed E-state index contributed by atoms with van der Waals surface area (Å²) in [6.45, 7) is 4.26. The van der Waals surface area contributed by atoms with Crippen molar-refractivity contribution in [3.05, 3.63) is 53.5 Å². The zero-order chi connectivity index (χ0) is 15.2. The second-order valence-electron chi connectivity index (χ2n) is 4.97. The number of benzene rings is 1. The zero-order valence-electron chi connectivity index (χ0n) is 12.1. The number of furan rings is 1. The van der Waals surface area contributed by atoms with E-state index in [0.29, 0.717) is 18.7 Å². The first-order chi connectivity index (χ1) is 10.0. The van der Waals surface area contributed by atoms with Crippen molar-refractivity contribution in [3.8, 4) is 0 Å². The third-order valence-corrected chi connectivity index (χ3v) is 2.97. The lowest BCUT2D eigenvalue weighted by molar-refractivity contribution is -0.136. The van der Waals surface area contributed by atoms with Crippen LogP contribution in [0, 0.1) is 13.8 Å². The summed E-state index contributed by atoms with van der Waals surface area (Å²) in [5, 5.41) is 5.18. The van der Waals surface area contributed by atoms with Crippen LogP contribution in [0.3, 0.4) is 0 Å². The molecule has 1 aromatic heterocycles. The van der Waals surface area contributed by atoms with Gasteiger partial charge in [0.25, 0.3) is 0 Å². The van der Waals surface area contributed by atoms with Crippen molar-refractivity contribution < 1.29 is 14.0 Å². The van der Waals surface area contributed by atoms with E-state index in [0.717, 1.165) is 16.7 Å². The average molecular weight is 286 g/mol. The quantitative estimate of drug-likeness (QED) is 0.846. The lowest BCUT2D eigenvalue weighted by Gasteiger charge is -2.08. The van der Waals surface area contributed by atoms with Gasteiger partial charge in [0.2, 0.25) is 0 Å². The minimum atomic E-state index is -0.660. The summed E-state index contributed by atoms with van der Waals surface area (Å²) >= 11 is 0. The molecule has 2 amide bonds. The van der Waals surface area contributed by atoms with Gasteiger partial charge in [-0.1, -0.05) is 6.07 Å². The summed E-state index contributed by atoms with van der Waals surface area (Å²) in [5.41, 5.74) is 3.67. The van der Waals surface area contributed by atoms with E-state index in [1.807, 2.05) is 38.1 Å². The summed E-state index contributed by atoms with van der Waals surface area (Å²) < 4.78 is 4.93. The molecule has 2 rings (SSSR count). The van der Waals surface area contributed by atoms with Crippen LogP contribution >= 0.6 is 0 Å². The van der Waals surface area contributed by atoms with E-state index < -0.39 is 11.8 Å². The van der Waals surface area contributed by atoms with Gasteiger partial charge in [-0.3, -0.25) is 9.59 Å². The van der Waals surface area contributed by atoms with Gasteiger partial charge in [0.15, 0.2) is 0 Å². The molecule has 5 nitrogen and oxygen atoms in total. The van der Waals surface area contributed by atoms with E-state index >= 15 is 0 Å². The maximum atomic E-state index is 11.8. The molecular weight excluding hydrogens is 268 g/mol. The average Bonchev–Trinajstić information content (AvgIpc) is 2.90. The molecule has 0 saturated carbocycles. The summed E-state index contributed by atoms with van der Waals surface area (Å²) in [7, 11) is 0. The molecule has 0 radical (unpaired) electrons. The van der Waals surface area contributed by atoms with Crippen LogP contribution in [0.1, 0.15) is 16.7 Å². The standard InChI is InChI=1S/C16H18N2O3/c1-11-7-12(2)9-14(8-11)18-16(20)15(19)17-5-3-13-4-6-21-10-13/h4,6-10H,3,5H2,1-2H3,(H,17,19)(H,18,20). The normalized spacial score (nSPS) is 10.2. The maximum absolute atomic E-state index is 11.8. The highest BCUT2D eigenvalue weighted by Crippen LogP contribution is 2.13. The van der Waals surface area contributed by atoms with Crippen molar-refractivity contribution in [2.24, 2.45) is 0 Å². The Morgan fingerprint density at radius 1 is 1.10 bits per heavy atom. The Hall–Kier alpha value is -2.56. The zero-order valence-corrected chi connectivity index (χ0v) is 12.1. The van der Waals surface area contributed by atoms with E-state index in [9.17, 15) is 9.59 Å². The number of amides is 2. The number of carbonyl (C=O) groups is 2. The van der Waals surface area contributed by atoms with Crippen LogP contribution < -0.4 is 10.6 Å². The molecule has 0 bridgehead atoms. The van der Waals surface area contributed by atoms with Gasteiger partial charge in [-0.15, -0.1) is 0 Å². The Balaban J connectivity index is 1.83. The first-order valence-electron chi connectivity index (χ1n) is 6.73. The molecule has 0 atom stereocenters. The molecule has 0 aliphatic rings. The highest BCUT2D eigenvalue weighted by atomic mass is 16.3. The van der Waals surface area contributed by atoms with Gasteiger partial charge >= 0.3 is 11.8 Å². The number of carbonyl (C=O) groups excluding carboxylic acids is 2. The Bertz CT molecular complexity index is 613. The number of rotatable bonds is 4. The smallest absolute Gasteiger partial charge is 0.313 e. The second kappa shape index (κ2) is 6.74. The number of nitrogens with one attached hydrogen (secondary N) is 2. The summed E-state index contributed by atoms with van der Waals surface area (Å²) in [4.78, 5) is 23.5. The van der Waals surface area contributed by atoms with Gasteiger partial charge in [0.05, 0.1) is 12.5 Å². The van der Waals surface area contributed by atoms with E-state index in [4.69, 9.17) is 4.42 Å². The molecule has 0 aliphatic heterocycles. The topological polar surface area (TPSA) is 71.3 Å². The fourth-order valence-corrected chi connectivity index (χ4v) is 2.07. The van der Waals surface area contributed by atoms with Crippen molar-refractivity contribution in [1.29, 1.82) is 0 Å². The number of hydrogen-bond donors (Lipinski definition) is 2. The Labute approximate surface area is 123 Å². The molecule has 110 valence electrons. The molecule has 2 aromatic rings. The molecule has 0 aliphatic carbocycles. The van der Waals surface area contributed by atoms with Gasteiger partial charge in [0.1, 0.15) is 0 Å². The van der Waals surface area contributed by atoms with Gasteiger partial charge in [-0.25, -0.2) is 0 Å². The molecule has 2 N–H and O–H groups in total. The third-order valence-electron chi connectivity index (χ3n) is 2.97. The monoisotopic (exact) mass is 286 g/mol. The van der Waals surface area contributed by atoms with Gasteiger partial charge in [0, 0.05) is 12.2 Å². The largest absolute Gasteiger partial charge is 0.472 e. The predicted octanol–water partition coefficient (Wildman–Crippen LogP) is 2.19. The van der Waals surface area contributed by atoms with Gasteiger partial charge < -0.3 is 15.1 Å².